The van der Waals surface area contributed by atoms with Crippen LogP contribution < -0.4 is 0 Å². The molecule has 1 aliphatic heterocycles. The molecule has 0 aromatic heterocycles. The summed E-state index contributed by atoms with van der Waals surface area (Å²) in [4.78, 5) is 5.20. The van der Waals surface area contributed by atoms with Gasteiger partial charge in [-0.05, 0) is 43.4 Å². The summed E-state index contributed by atoms with van der Waals surface area (Å²) in [6.07, 6.45) is 6.02. The van der Waals surface area contributed by atoms with E-state index in [0.717, 1.165) is 26.2 Å². The second-order valence-electron chi connectivity index (χ2n) is 6.96. The molecular formula is C21H36N2O. The average Bonchev–Trinajstić information content (AvgIpc) is 2.63. The lowest BCUT2D eigenvalue weighted by Crippen LogP contribution is -2.46. The number of benzene rings is 1. The van der Waals surface area contributed by atoms with Crippen LogP contribution in [0.4, 0.5) is 0 Å². The van der Waals surface area contributed by atoms with Crippen LogP contribution in [0.3, 0.4) is 0 Å². The molecule has 2 rings (SSSR count). The summed E-state index contributed by atoms with van der Waals surface area (Å²) < 4.78 is 5.64. The molecule has 3 heteroatoms. The average molecular weight is 333 g/mol. The van der Waals surface area contributed by atoms with E-state index in [4.69, 9.17) is 4.74 Å². The quantitative estimate of drug-likeness (QED) is 0.570. The van der Waals surface area contributed by atoms with Crippen molar-refractivity contribution in [1.29, 1.82) is 0 Å². The third kappa shape index (κ3) is 7.33. The van der Waals surface area contributed by atoms with Crippen LogP contribution in [0.15, 0.2) is 24.3 Å². The van der Waals surface area contributed by atoms with Crippen molar-refractivity contribution in [2.45, 2.75) is 52.5 Å². The number of hydrogen-bond donors (Lipinski definition) is 0. The van der Waals surface area contributed by atoms with Crippen LogP contribution in [-0.4, -0.2) is 55.7 Å². The maximum atomic E-state index is 5.64. The Labute approximate surface area is 149 Å². The highest BCUT2D eigenvalue weighted by Gasteiger charge is 2.16. The number of unbranched alkanes of at least 4 members (excludes halogenated alkanes) is 2. The van der Waals surface area contributed by atoms with Crippen molar-refractivity contribution < 1.29 is 4.74 Å². The Morgan fingerprint density at radius 3 is 2.08 bits per heavy atom. The third-order valence-corrected chi connectivity index (χ3v) is 4.96. The van der Waals surface area contributed by atoms with Gasteiger partial charge in [-0.2, -0.15) is 0 Å². The van der Waals surface area contributed by atoms with Gasteiger partial charge in [0.1, 0.15) is 0 Å². The van der Waals surface area contributed by atoms with Gasteiger partial charge in [-0.15, -0.1) is 0 Å². The van der Waals surface area contributed by atoms with Crippen molar-refractivity contribution >= 4 is 0 Å². The summed E-state index contributed by atoms with van der Waals surface area (Å²) >= 11 is 0. The van der Waals surface area contributed by atoms with Gasteiger partial charge in [0, 0.05) is 45.9 Å². The number of hydrogen-bond acceptors (Lipinski definition) is 3. The predicted molar refractivity (Wildman–Crippen MR) is 102 cm³/mol. The standard InChI is InChI=1S/C21H36N2O/c1-3-5-17-24-18-7-6-12-22-13-15-23(16-14-22)19-21-10-8-20(4-2)9-11-21/h8-11H,3-7,12-19H2,1-2H3. The fourth-order valence-electron chi connectivity index (χ4n) is 3.20. The first-order valence-electron chi connectivity index (χ1n) is 9.92. The lowest BCUT2D eigenvalue weighted by atomic mass is 10.1. The van der Waals surface area contributed by atoms with Gasteiger partial charge in [0.15, 0.2) is 0 Å². The minimum Gasteiger partial charge on any atom is -0.381 e. The van der Waals surface area contributed by atoms with E-state index in [-0.39, 0.29) is 0 Å². The molecule has 136 valence electrons. The predicted octanol–water partition coefficient (Wildman–Crippen LogP) is 3.96. The fraction of sp³-hybridized carbons (Fsp3) is 0.714. The zero-order valence-corrected chi connectivity index (χ0v) is 15.8. The molecule has 1 aliphatic rings. The van der Waals surface area contributed by atoms with Crippen LogP contribution >= 0.6 is 0 Å². The summed E-state index contributed by atoms with van der Waals surface area (Å²) in [5.74, 6) is 0. The molecule has 1 aromatic rings. The van der Waals surface area contributed by atoms with Crippen LogP contribution in [0.1, 0.15) is 50.7 Å². The number of rotatable bonds is 11. The molecule has 0 spiro atoms. The van der Waals surface area contributed by atoms with E-state index in [1.165, 1.54) is 69.5 Å². The number of piperazine rings is 1. The van der Waals surface area contributed by atoms with E-state index in [1.807, 2.05) is 0 Å². The first-order valence-corrected chi connectivity index (χ1v) is 9.92. The van der Waals surface area contributed by atoms with Crippen molar-refractivity contribution in [3.05, 3.63) is 35.4 Å². The van der Waals surface area contributed by atoms with Crippen molar-refractivity contribution in [1.82, 2.24) is 9.80 Å². The first-order chi connectivity index (χ1) is 11.8. The molecule has 0 N–H and O–H groups in total. The Morgan fingerprint density at radius 1 is 0.792 bits per heavy atom. The van der Waals surface area contributed by atoms with E-state index in [0.29, 0.717) is 0 Å². The maximum Gasteiger partial charge on any atom is 0.0466 e. The zero-order chi connectivity index (χ0) is 17.0. The van der Waals surface area contributed by atoms with Crippen LogP contribution in [0.2, 0.25) is 0 Å². The highest BCUT2D eigenvalue weighted by Crippen LogP contribution is 2.11. The smallest absolute Gasteiger partial charge is 0.0466 e. The summed E-state index contributed by atoms with van der Waals surface area (Å²) in [6, 6.07) is 9.13. The molecular weight excluding hydrogens is 296 g/mol. The van der Waals surface area contributed by atoms with Crippen LogP contribution in [0, 0.1) is 0 Å². The van der Waals surface area contributed by atoms with Crippen molar-refractivity contribution in [2.75, 3.05) is 45.9 Å². The fourth-order valence-corrected chi connectivity index (χ4v) is 3.20. The molecule has 1 fully saturated rings. The number of nitrogens with zero attached hydrogens (tertiary/aromatic N) is 2. The minimum atomic E-state index is 0.938. The topological polar surface area (TPSA) is 15.7 Å². The second kappa shape index (κ2) is 11.6. The van der Waals surface area contributed by atoms with E-state index >= 15 is 0 Å². The molecule has 1 heterocycles. The summed E-state index contributed by atoms with van der Waals surface area (Å²) in [7, 11) is 0. The van der Waals surface area contributed by atoms with E-state index in [1.54, 1.807) is 0 Å². The highest BCUT2D eigenvalue weighted by atomic mass is 16.5. The van der Waals surface area contributed by atoms with E-state index < -0.39 is 0 Å². The molecule has 0 radical (unpaired) electrons. The molecule has 0 atom stereocenters. The van der Waals surface area contributed by atoms with Crippen LogP contribution in [0.5, 0.6) is 0 Å². The molecule has 0 bridgehead atoms. The highest BCUT2D eigenvalue weighted by molar-refractivity contribution is 5.22. The molecule has 24 heavy (non-hydrogen) atoms. The molecule has 1 saturated heterocycles. The van der Waals surface area contributed by atoms with Gasteiger partial charge >= 0.3 is 0 Å². The number of aryl methyl sites for hydroxylation is 1. The van der Waals surface area contributed by atoms with Crippen molar-refractivity contribution in [3.63, 3.8) is 0 Å². The zero-order valence-electron chi connectivity index (χ0n) is 15.8. The van der Waals surface area contributed by atoms with Gasteiger partial charge in [0.2, 0.25) is 0 Å². The van der Waals surface area contributed by atoms with Crippen molar-refractivity contribution in [3.8, 4) is 0 Å². The molecule has 0 unspecified atom stereocenters. The Morgan fingerprint density at radius 2 is 1.42 bits per heavy atom. The Kier molecular flexibility index (Phi) is 9.40. The first kappa shape index (κ1) is 19.4. The van der Waals surface area contributed by atoms with Gasteiger partial charge in [0.25, 0.3) is 0 Å². The van der Waals surface area contributed by atoms with Crippen molar-refractivity contribution in [2.24, 2.45) is 0 Å². The molecule has 1 aromatic carbocycles. The lowest BCUT2D eigenvalue weighted by Gasteiger charge is -2.34. The molecule has 0 amide bonds. The third-order valence-electron chi connectivity index (χ3n) is 4.96. The normalized spacial score (nSPS) is 16.6. The summed E-state index contributed by atoms with van der Waals surface area (Å²) in [5, 5.41) is 0. The summed E-state index contributed by atoms with van der Waals surface area (Å²) in [5.41, 5.74) is 2.88. The lowest BCUT2D eigenvalue weighted by molar-refractivity contribution is 0.109. The Hall–Kier alpha value is -0.900. The SMILES string of the molecule is CCCCOCCCCN1CCN(Cc2ccc(CC)cc2)CC1. The molecule has 0 aliphatic carbocycles. The minimum absolute atomic E-state index is 0.938. The van der Waals surface area contributed by atoms with Crippen LogP contribution in [0.25, 0.3) is 0 Å². The number of ether oxygens (including phenoxy) is 1. The molecule has 3 nitrogen and oxygen atoms in total. The van der Waals surface area contributed by atoms with Gasteiger partial charge in [0.05, 0.1) is 0 Å². The Bertz CT molecular complexity index is 424. The van der Waals surface area contributed by atoms with Crippen LogP contribution in [-0.2, 0) is 17.7 Å². The summed E-state index contributed by atoms with van der Waals surface area (Å²) in [6.45, 7) is 13.5. The van der Waals surface area contributed by atoms with E-state index in [2.05, 4.69) is 47.9 Å². The Balaban J connectivity index is 1.54. The van der Waals surface area contributed by atoms with Gasteiger partial charge in [-0.3, -0.25) is 4.90 Å². The monoisotopic (exact) mass is 332 g/mol. The largest absolute Gasteiger partial charge is 0.381 e. The second-order valence-corrected chi connectivity index (χ2v) is 6.96. The van der Waals surface area contributed by atoms with Gasteiger partial charge < -0.3 is 9.64 Å². The van der Waals surface area contributed by atoms with Gasteiger partial charge in [-0.25, -0.2) is 0 Å². The van der Waals surface area contributed by atoms with Gasteiger partial charge in [-0.1, -0.05) is 44.5 Å². The van der Waals surface area contributed by atoms with E-state index in [9.17, 15) is 0 Å². The maximum absolute atomic E-state index is 5.64. The molecule has 0 saturated carbocycles.